The first kappa shape index (κ1) is 10.9. The molecule has 1 aromatic heterocycles. The number of hydrogen-bond acceptors (Lipinski definition) is 2. The van der Waals surface area contributed by atoms with Gasteiger partial charge >= 0.3 is 5.97 Å². The molecule has 0 aliphatic heterocycles. The van der Waals surface area contributed by atoms with Crippen molar-refractivity contribution in [1.82, 2.24) is 4.98 Å². The number of aromatic nitrogens is 1. The van der Waals surface area contributed by atoms with Crippen molar-refractivity contribution in [2.45, 2.75) is 33.1 Å². The van der Waals surface area contributed by atoms with Gasteiger partial charge in [-0.15, -0.1) is 0 Å². The lowest BCUT2D eigenvalue weighted by atomic mass is 9.76. The minimum atomic E-state index is -1.16. The van der Waals surface area contributed by atoms with E-state index in [0.29, 0.717) is 0 Å². The molecule has 0 fully saturated rings. The van der Waals surface area contributed by atoms with E-state index in [-0.39, 0.29) is 11.0 Å². The van der Waals surface area contributed by atoms with Gasteiger partial charge in [0.25, 0.3) is 5.56 Å². The Balaban J connectivity index is 2.51. The predicted molar refractivity (Wildman–Crippen MR) is 59.8 cm³/mol. The quantitative estimate of drug-likeness (QED) is 0.756. The molecule has 0 radical (unpaired) electrons. The summed E-state index contributed by atoms with van der Waals surface area (Å²) >= 11 is 0. The molecule has 0 bridgehead atoms. The van der Waals surface area contributed by atoms with Gasteiger partial charge in [-0.3, -0.25) is 4.79 Å². The van der Waals surface area contributed by atoms with Crippen molar-refractivity contribution in [3.05, 3.63) is 33.2 Å². The summed E-state index contributed by atoms with van der Waals surface area (Å²) < 4.78 is 0. The Kier molecular flexibility index (Phi) is 2.37. The average molecular weight is 221 g/mol. The largest absolute Gasteiger partial charge is 0.477 e. The smallest absolute Gasteiger partial charge is 0.341 e. The summed E-state index contributed by atoms with van der Waals surface area (Å²) in [6.07, 6.45) is 2.65. The van der Waals surface area contributed by atoms with Gasteiger partial charge in [-0.05, 0) is 36.3 Å². The second-order valence-corrected chi connectivity index (χ2v) is 5.16. The first-order valence-electron chi connectivity index (χ1n) is 5.37. The number of rotatable bonds is 1. The second-order valence-electron chi connectivity index (χ2n) is 5.16. The monoisotopic (exact) mass is 221 g/mol. The Morgan fingerprint density at radius 2 is 2.19 bits per heavy atom. The lowest BCUT2D eigenvalue weighted by Gasteiger charge is -2.30. The summed E-state index contributed by atoms with van der Waals surface area (Å²) in [7, 11) is 0. The molecule has 0 unspecified atom stereocenters. The second kappa shape index (κ2) is 3.47. The first-order valence-corrected chi connectivity index (χ1v) is 5.37. The van der Waals surface area contributed by atoms with Crippen LogP contribution >= 0.6 is 0 Å². The number of carboxylic acids is 1. The number of hydrogen-bond donors (Lipinski definition) is 2. The summed E-state index contributed by atoms with van der Waals surface area (Å²) in [5, 5.41) is 8.85. The number of pyridine rings is 1. The maximum absolute atomic E-state index is 11.5. The highest BCUT2D eigenvalue weighted by atomic mass is 16.4. The molecule has 2 rings (SSSR count). The highest BCUT2D eigenvalue weighted by Gasteiger charge is 2.27. The van der Waals surface area contributed by atoms with Crippen LogP contribution < -0.4 is 5.56 Å². The van der Waals surface area contributed by atoms with E-state index in [2.05, 4.69) is 18.8 Å². The summed E-state index contributed by atoms with van der Waals surface area (Å²) in [6.45, 7) is 4.30. The van der Waals surface area contributed by atoms with Gasteiger partial charge in [-0.2, -0.15) is 0 Å². The van der Waals surface area contributed by atoms with Crippen LogP contribution in [0.1, 0.15) is 41.9 Å². The molecule has 4 heteroatoms. The van der Waals surface area contributed by atoms with E-state index in [9.17, 15) is 9.59 Å². The van der Waals surface area contributed by atoms with Gasteiger partial charge in [0.15, 0.2) is 0 Å². The molecular weight excluding hydrogens is 206 g/mol. The van der Waals surface area contributed by atoms with Crippen molar-refractivity contribution >= 4 is 5.97 Å². The third kappa shape index (κ3) is 1.87. The number of carboxylic acid groups (broad SMARTS) is 1. The Morgan fingerprint density at radius 1 is 1.50 bits per heavy atom. The number of aromatic carboxylic acids is 1. The fourth-order valence-electron chi connectivity index (χ4n) is 2.19. The zero-order chi connectivity index (χ0) is 11.9. The Labute approximate surface area is 93.3 Å². The van der Waals surface area contributed by atoms with Crippen LogP contribution in [0.25, 0.3) is 0 Å². The fourth-order valence-corrected chi connectivity index (χ4v) is 2.19. The van der Waals surface area contributed by atoms with Crippen LogP contribution in [-0.4, -0.2) is 16.1 Å². The number of fused-ring (bicyclic) bond motifs is 1. The van der Waals surface area contributed by atoms with Gasteiger partial charge in [0, 0.05) is 5.69 Å². The third-order valence-corrected chi connectivity index (χ3v) is 3.17. The van der Waals surface area contributed by atoms with Crippen LogP contribution in [0.4, 0.5) is 0 Å². The molecule has 16 heavy (non-hydrogen) atoms. The number of nitrogens with one attached hydrogen (secondary N) is 1. The van der Waals surface area contributed by atoms with Crippen molar-refractivity contribution in [2.24, 2.45) is 5.41 Å². The molecule has 0 saturated carbocycles. The van der Waals surface area contributed by atoms with Crippen LogP contribution in [0.5, 0.6) is 0 Å². The van der Waals surface area contributed by atoms with Crippen LogP contribution in [0.2, 0.25) is 0 Å². The first-order chi connectivity index (χ1) is 7.39. The fraction of sp³-hybridized carbons (Fsp3) is 0.500. The maximum Gasteiger partial charge on any atom is 0.341 e. The van der Waals surface area contributed by atoms with Gasteiger partial charge in [0.05, 0.1) is 0 Å². The minimum absolute atomic E-state index is 0.154. The normalized spacial score (nSPS) is 17.9. The van der Waals surface area contributed by atoms with Gasteiger partial charge in [0.1, 0.15) is 5.56 Å². The molecule has 1 aliphatic rings. The van der Waals surface area contributed by atoms with Gasteiger partial charge < -0.3 is 10.1 Å². The molecule has 1 heterocycles. The highest BCUT2D eigenvalue weighted by molar-refractivity contribution is 5.87. The van der Waals surface area contributed by atoms with Gasteiger partial charge in [0.2, 0.25) is 0 Å². The molecule has 0 saturated heterocycles. The number of aryl methyl sites for hydroxylation is 1. The van der Waals surface area contributed by atoms with Crippen LogP contribution in [0.3, 0.4) is 0 Å². The summed E-state index contributed by atoms with van der Waals surface area (Å²) in [5.41, 5.74) is 1.39. The van der Waals surface area contributed by atoms with Crippen molar-refractivity contribution < 1.29 is 9.90 Å². The number of aromatic amines is 1. The average Bonchev–Trinajstić information content (AvgIpc) is 2.14. The van der Waals surface area contributed by atoms with E-state index in [1.807, 2.05) is 0 Å². The molecule has 4 nitrogen and oxygen atoms in total. The SMILES string of the molecule is CC1(C)CCc2cc(C(=O)O)c(=O)[nH]c2C1. The van der Waals surface area contributed by atoms with Gasteiger partial charge in [-0.25, -0.2) is 4.79 Å². The summed E-state index contributed by atoms with van der Waals surface area (Å²) in [5.74, 6) is -1.16. The summed E-state index contributed by atoms with van der Waals surface area (Å²) in [4.78, 5) is 25.0. The molecule has 2 N–H and O–H groups in total. The highest BCUT2D eigenvalue weighted by Crippen LogP contribution is 2.33. The van der Waals surface area contributed by atoms with Gasteiger partial charge in [-0.1, -0.05) is 13.8 Å². The minimum Gasteiger partial charge on any atom is -0.477 e. The van der Waals surface area contributed by atoms with E-state index >= 15 is 0 Å². The number of carbonyl (C=O) groups is 1. The van der Waals surface area contributed by atoms with E-state index in [1.54, 1.807) is 0 Å². The van der Waals surface area contributed by atoms with Crippen molar-refractivity contribution in [1.29, 1.82) is 0 Å². The maximum atomic E-state index is 11.5. The lowest BCUT2D eigenvalue weighted by molar-refractivity contribution is 0.0694. The van der Waals surface area contributed by atoms with Crippen LogP contribution in [0.15, 0.2) is 10.9 Å². The van der Waals surface area contributed by atoms with Crippen LogP contribution in [0, 0.1) is 5.41 Å². The molecular formula is C12H15NO3. The van der Waals surface area contributed by atoms with Crippen molar-refractivity contribution in [3.63, 3.8) is 0 Å². The molecule has 1 aliphatic carbocycles. The molecule has 0 spiro atoms. The Morgan fingerprint density at radius 3 is 2.81 bits per heavy atom. The zero-order valence-corrected chi connectivity index (χ0v) is 9.46. The van der Waals surface area contributed by atoms with Crippen LogP contribution in [-0.2, 0) is 12.8 Å². The topological polar surface area (TPSA) is 70.2 Å². The van der Waals surface area contributed by atoms with E-state index in [4.69, 9.17) is 5.11 Å². The molecule has 0 aromatic carbocycles. The summed E-state index contributed by atoms with van der Waals surface area (Å²) in [6, 6.07) is 1.52. The molecule has 1 aromatic rings. The molecule has 86 valence electrons. The lowest BCUT2D eigenvalue weighted by Crippen LogP contribution is -2.28. The molecule has 0 atom stereocenters. The van der Waals surface area contributed by atoms with Crippen molar-refractivity contribution in [3.8, 4) is 0 Å². The third-order valence-electron chi connectivity index (χ3n) is 3.17. The van der Waals surface area contributed by atoms with E-state index in [0.717, 1.165) is 30.5 Å². The zero-order valence-electron chi connectivity index (χ0n) is 9.46. The Hall–Kier alpha value is -1.58. The van der Waals surface area contributed by atoms with E-state index < -0.39 is 11.5 Å². The predicted octanol–water partition coefficient (Wildman–Crippen LogP) is 1.59. The Bertz CT molecular complexity index is 499. The van der Waals surface area contributed by atoms with Crippen molar-refractivity contribution in [2.75, 3.05) is 0 Å². The standard InChI is InChI=1S/C12H15NO3/c1-12(2)4-3-7-5-8(11(15)16)10(14)13-9(7)6-12/h5H,3-4,6H2,1-2H3,(H,13,14)(H,15,16). The number of H-pyrrole nitrogens is 1. The van der Waals surface area contributed by atoms with E-state index in [1.165, 1.54) is 6.07 Å². The molecule has 0 amide bonds.